The molecule has 1 aliphatic rings. The molecule has 0 aromatic heterocycles. The first-order chi connectivity index (χ1) is 16.5. The van der Waals surface area contributed by atoms with Gasteiger partial charge < -0.3 is 14.6 Å². The monoisotopic (exact) mass is 464 g/mol. The fraction of sp³-hybridized carbons (Fsp3) is 0.500. The first-order valence-electron chi connectivity index (χ1n) is 12.8. The van der Waals surface area contributed by atoms with Crippen LogP contribution in [0.4, 0.5) is 0 Å². The van der Waals surface area contributed by atoms with Gasteiger partial charge in [0.2, 0.25) is 0 Å². The Morgan fingerprint density at radius 2 is 1.71 bits per heavy atom. The largest absolute Gasteiger partial charge is 0.490 e. The molecule has 3 rings (SSSR count). The van der Waals surface area contributed by atoms with E-state index in [2.05, 4.69) is 31.7 Å². The van der Waals surface area contributed by atoms with Crippen LogP contribution >= 0.6 is 0 Å². The Kier molecular flexibility index (Phi) is 10.2. The van der Waals surface area contributed by atoms with Crippen molar-refractivity contribution in [2.24, 2.45) is 5.92 Å². The number of esters is 1. The molecule has 1 N–H and O–H groups in total. The third-order valence-corrected chi connectivity index (χ3v) is 6.91. The number of unbranched alkanes of at least 4 members (excludes halogenated alkanes) is 2. The van der Waals surface area contributed by atoms with E-state index in [0.717, 1.165) is 28.4 Å². The highest BCUT2D eigenvalue weighted by molar-refractivity contribution is 5.86. The van der Waals surface area contributed by atoms with E-state index in [4.69, 9.17) is 9.47 Å². The van der Waals surface area contributed by atoms with Crippen LogP contribution in [0.5, 0.6) is 5.75 Å². The Bertz CT molecular complexity index is 923. The molecule has 2 aromatic rings. The highest BCUT2D eigenvalue weighted by Crippen LogP contribution is 2.42. The van der Waals surface area contributed by atoms with E-state index in [1.807, 2.05) is 24.3 Å². The summed E-state index contributed by atoms with van der Waals surface area (Å²) in [4.78, 5) is 11.7. The number of hydrogen-bond donors (Lipinski definition) is 1. The normalized spacial score (nSPS) is 17.9. The number of ether oxygens (including phenoxy) is 2. The summed E-state index contributed by atoms with van der Waals surface area (Å²) in [5.41, 5.74) is 4.71. The third-order valence-electron chi connectivity index (χ3n) is 6.91. The molecule has 0 radical (unpaired) electrons. The Hall–Kier alpha value is -2.59. The second-order valence-corrected chi connectivity index (χ2v) is 9.59. The van der Waals surface area contributed by atoms with Crippen molar-refractivity contribution in [3.63, 3.8) is 0 Å². The molecule has 0 atom stereocenters. The number of benzene rings is 2. The molecule has 0 aliphatic heterocycles. The Balaban J connectivity index is 1.72. The van der Waals surface area contributed by atoms with Crippen LogP contribution in [0.15, 0.2) is 54.6 Å². The minimum Gasteiger partial charge on any atom is -0.490 e. The number of carbonyl (C=O) groups excluding carboxylic acids is 1. The maximum Gasteiger partial charge on any atom is 0.333 e. The molecule has 0 unspecified atom stereocenters. The Labute approximate surface area is 205 Å². The number of hydrogen-bond acceptors (Lipinski definition) is 4. The minimum atomic E-state index is -0.386. The van der Waals surface area contributed by atoms with Gasteiger partial charge in [-0.25, -0.2) is 4.79 Å². The molecule has 4 heteroatoms. The van der Waals surface area contributed by atoms with E-state index in [1.54, 1.807) is 6.92 Å². The number of aliphatic hydroxyl groups excluding tert-OH is 1. The predicted molar refractivity (Wildman–Crippen MR) is 138 cm³/mol. The summed E-state index contributed by atoms with van der Waals surface area (Å²) in [6.45, 7) is 8.08. The van der Waals surface area contributed by atoms with Crippen LogP contribution in [-0.2, 0) is 16.1 Å². The fourth-order valence-corrected chi connectivity index (χ4v) is 4.83. The number of aliphatic hydroxyl groups is 1. The predicted octanol–water partition coefficient (Wildman–Crippen LogP) is 7.20. The summed E-state index contributed by atoms with van der Waals surface area (Å²) >= 11 is 0. The standard InChI is InChI=1S/C30H40O4/c1-4-5-6-7-23-8-14-26(15-9-23)28-17-16-27(25-12-10-24(21-31)11-13-25)20-29(28)33-18-19-34-30(32)22(2)3/h10-13,16-17,20,23,26,31H,2,4-9,14-15,18-19,21H2,1,3H3. The lowest BCUT2D eigenvalue weighted by Gasteiger charge is -2.30. The van der Waals surface area contributed by atoms with E-state index in [0.29, 0.717) is 18.1 Å². The van der Waals surface area contributed by atoms with Gasteiger partial charge in [0.15, 0.2) is 0 Å². The van der Waals surface area contributed by atoms with Crippen LogP contribution in [0.25, 0.3) is 11.1 Å². The summed E-state index contributed by atoms with van der Waals surface area (Å²) < 4.78 is 11.4. The summed E-state index contributed by atoms with van der Waals surface area (Å²) in [6, 6.07) is 14.4. The van der Waals surface area contributed by atoms with Crippen LogP contribution in [0.1, 0.15) is 82.3 Å². The van der Waals surface area contributed by atoms with E-state index in [9.17, 15) is 9.90 Å². The van der Waals surface area contributed by atoms with Gasteiger partial charge in [0.1, 0.15) is 19.0 Å². The fourth-order valence-electron chi connectivity index (χ4n) is 4.83. The van der Waals surface area contributed by atoms with Crippen molar-refractivity contribution in [3.8, 4) is 16.9 Å². The molecule has 0 spiro atoms. The van der Waals surface area contributed by atoms with Crippen LogP contribution in [-0.4, -0.2) is 24.3 Å². The number of rotatable bonds is 12. The highest BCUT2D eigenvalue weighted by atomic mass is 16.6. The molecule has 1 saturated carbocycles. The molecule has 0 bridgehead atoms. The summed E-state index contributed by atoms with van der Waals surface area (Å²) in [7, 11) is 0. The number of carbonyl (C=O) groups is 1. The average molecular weight is 465 g/mol. The van der Waals surface area contributed by atoms with Crippen LogP contribution < -0.4 is 4.74 Å². The van der Waals surface area contributed by atoms with Crippen LogP contribution in [0, 0.1) is 5.92 Å². The zero-order valence-electron chi connectivity index (χ0n) is 20.9. The molecule has 1 aliphatic carbocycles. The SMILES string of the molecule is C=C(C)C(=O)OCCOc1cc(-c2ccc(CO)cc2)ccc1C1CCC(CCCCC)CC1. The average Bonchev–Trinajstić information content (AvgIpc) is 2.87. The molecule has 0 heterocycles. The van der Waals surface area contributed by atoms with Crippen molar-refractivity contribution < 1.29 is 19.4 Å². The summed E-state index contributed by atoms with van der Waals surface area (Å²) in [6.07, 6.45) is 10.3. The summed E-state index contributed by atoms with van der Waals surface area (Å²) in [5.74, 6) is 1.85. The Morgan fingerprint density at radius 3 is 2.35 bits per heavy atom. The minimum absolute atomic E-state index is 0.0393. The third kappa shape index (κ3) is 7.46. The lowest BCUT2D eigenvalue weighted by Crippen LogP contribution is -2.16. The summed E-state index contributed by atoms with van der Waals surface area (Å²) in [5, 5.41) is 9.34. The van der Waals surface area contributed by atoms with Gasteiger partial charge >= 0.3 is 5.97 Å². The quantitative estimate of drug-likeness (QED) is 0.205. The first kappa shape index (κ1) is 26.0. The van der Waals surface area contributed by atoms with Gasteiger partial charge in [-0.05, 0) is 72.8 Å². The van der Waals surface area contributed by atoms with Gasteiger partial charge in [0, 0.05) is 5.57 Å². The topological polar surface area (TPSA) is 55.8 Å². The molecular formula is C30H40O4. The molecule has 4 nitrogen and oxygen atoms in total. The van der Waals surface area contributed by atoms with Crippen LogP contribution in [0.3, 0.4) is 0 Å². The zero-order chi connectivity index (χ0) is 24.3. The zero-order valence-corrected chi connectivity index (χ0v) is 20.9. The van der Waals surface area contributed by atoms with Gasteiger partial charge in [-0.2, -0.15) is 0 Å². The second-order valence-electron chi connectivity index (χ2n) is 9.59. The molecule has 0 saturated heterocycles. The molecule has 34 heavy (non-hydrogen) atoms. The van der Waals surface area contributed by atoms with Crippen molar-refractivity contribution in [1.29, 1.82) is 0 Å². The molecular weight excluding hydrogens is 424 g/mol. The van der Waals surface area contributed by atoms with Gasteiger partial charge in [-0.15, -0.1) is 0 Å². The smallest absolute Gasteiger partial charge is 0.333 e. The van der Waals surface area contributed by atoms with Gasteiger partial charge in [-0.1, -0.05) is 75.6 Å². The second kappa shape index (κ2) is 13.3. The van der Waals surface area contributed by atoms with E-state index < -0.39 is 0 Å². The maximum atomic E-state index is 11.7. The molecule has 2 aromatic carbocycles. The van der Waals surface area contributed by atoms with Crippen LogP contribution in [0.2, 0.25) is 0 Å². The van der Waals surface area contributed by atoms with Gasteiger partial charge in [-0.3, -0.25) is 0 Å². The Morgan fingerprint density at radius 1 is 1.00 bits per heavy atom. The van der Waals surface area contributed by atoms with Crippen molar-refractivity contribution >= 4 is 5.97 Å². The molecule has 184 valence electrons. The van der Waals surface area contributed by atoms with Gasteiger partial charge in [0.05, 0.1) is 6.61 Å². The van der Waals surface area contributed by atoms with E-state index in [1.165, 1.54) is 56.9 Å². The lowest BCUT2D eigenvalue weighted by molar-refractivity contribution is -0.139. The van der Waals surface area contributed by atoms with E-state index in [-0.39, 0.29) is 19.2 Å². The lowest BCUT2D eigenvalue weighted by atomic mass is 9.76. The van der Waals surface area contributed by atoms with E-state index >= 15 is 0 Å². The van der Waals surface area contributed by atoms with Crippen molar-refractivity contribution in [3.05, 3.63) is 65.7 Å². The van der Waals surface area contributed by atoms with Gasteiger partial charge in [0.25, 0.3) is 0 Å². The van der Waals surface area contributed by atoms with Crippen molar-refractivity contribution in [2.75, 3.05) is 13.2 Å². The maximum absolute atomic E-state index is 11.7. The first-order valence-corrected chi connectivity index (χ1v) is 12.8. The molecule has 1 fully saturated rings. The molecule has 0 amide bonds. The van der Waals surface area contributed by atoms with Crippen molar-refractivity contribution in [2.45, 2.75) is 77.7 Å². The highest BCUT2D eigenvalue weighted by Gasteiger charge is 2.24. The van der Waals surface area contributed by atoms with Crippen molar-refractivity contribution in [1.82, 2.24) is 0 Å².